The first kappa shape index (κ1) is 22.0. The molecule has 0 aliphatic rings. The molecule has 0 saturated heterocycles. The first-order valence-electron chi connectivity index (χ1n) is 9.14. The predicted molar refractivity (Wildman–Crippen MR) is 114 cm³/mol. The molecular formula is C21H18F2N4O3S. The third-order valence-electron chi connectivity index (χ3n) is 4.02. The number of halogens is 2. The van der Waals surface area contributed by atoms with E-state index >= 15 is 0 Å². The van der Waals surface area contributed by atoms with E-state index in [2.05, 4.69) is 20.9 Å². The maximum Gasteiger partial charge on any atom is 0.245 e. The number of hydrogen-bond acceptors (Lipinski definition) is 5. The largest absolute Gasteiger partial charge is 0.347 e. The lowest BCUT2D eigenvalue weighted by atomic mass is 10.1. The maximum absolute atomic E-state index is 14.3. The molecule has 0 radical (unpaired) electrons. The molecule has 0 aliphatic heterocycles. The molecule has 0 bridgehead atoms. The summed E-state index contributed by atoms with van der Waals surface area (Å²) in [5.74, 6) is -2.26. The van der Waals surface area contributed by atoms with Crippen LogP contribution in [0.25, 0.3) is 11.3 Å². The Morgan fingerprint density at radius 1 is 1.03 bits per heavy atom. The number of carbonyl (C=O) groups excluding carboxylic acids is 3. The summed E-state index contributed by atoms with van der Waals surface area (Å²) in [7, 11) is 0. The normalized spacial score (nSPS) is 10.4. The van der Waals surface area contributed by atoms with Gasteiger partial charge in [-0.25, -0.2) is 13.8 Å². The number of nitrogens with zero attached hydrogens (tertiary/aromatic N) is 1. The molecule has 31 heavy (non-hydrogen) atoms. The molecule has 3 rings (SSSR count). The number of thiazole rings is 1. The van der Waals surface area contributed by atoms with Gasteiger partial charge < -0.3 is 16.0 Å². The molecule has 3 amide bonds. The third kappa shape index (κ3) is 6.41. The minimum absolute atomic E-state index is 0.0554. The summed E-state index contributed by atoms with van der Waals surface area (Å²) < 4.78 is 27.5. The van der Waals surface area contributed by atoms with Crippen molar-refractivity contribution in [2.75, 3.05) is 17.2 Å². The molecule has 2 aromatic carbocycles. The molecule has 160 valence electrons. The molecule has 0 fully saturated rings. The van der Waals surface area contributed by atoms with Gasteiger partial charge in [-0.1, -0.05) is 12.1 Å². The topological polar surface area (TPSA) is 100 Å². The molecule has 10 heteroatoms. The van der Waals surface area contributed by atoms with E-state index in [1.165, 1.54) is 37.3 Å². The summed E-state index contributed by atoms with van der Waals surface area (Å²) in [5.41, 5.74) is 1.36. The Morgan fingerprint density at radius 3 is 2.55 bits per heavy atom. The number of hydrogen-bond donors (Lipinski definition) is 3. The van der Waals surface area contributed by atoms with E-state index in [-0.39, 0.29) is 29.6 Å². The van der Waals surface area contributed by atoms with Crippen molar-refractivity contribution in [3.63, 3.8) is 0 Å². The molecule has 0 atom stereocenters. The molecule has 3 aromatic rings. The van der Waals surface area contributed by atoms with Crippen molar-refractivity contribution in [3.05, 3.63) is 65.0 Å². The van der Waals surface area contributed by atoms with Crippen molar-refractivity contribution in [2.24, 2.45) is 0 Å². The van der Waals surface area contributed by atoms with Crippen molar-refractivity contribution < 1.29 is 23.2 Å². The number of benzene rings is 2. The summed E-state index contributed by atoms with van der Waals surface area (Å²) in [6.07, 6.45) is -0.0554. The SMILES string of the molecule is CC(=O)Nc1ccc(-c2csc(NC(=O)CNC(=O)Cc3cccc(F)c3)n2)c(F)c1. The van der Waals surface area contributed by atoms with E-state index in [1.807, 2.05) is 0 Å². The number of rotatable bonds is 7. The van der Waals surface area contributed by atoms with Crippen molar-refractivity contribution >= 4 is 39.9 Å². The number of amides is 3. The second kappa shape index (κ2) is 9.90. The Labute approximate surface area is 180 Å². The van der Waals surface area contributed by atoms with Gasteiger partial charge in [0.25, 0.3) is 0 Å². The highest BCUT2D eigenvalue weighted by Gasteiger charge is 2.13. The van der Waals surface area contributed by atoms with Crippen LogP contribution in [0.3, 0.4) is 0 Å². The molecule has 0 saturated carbocycles. The third-order valence-corrected chi connectivity index (χ3v) is 4.77. The monoisotopic (exact) mass is 444 g/mol. The van der Waals surface area contributed by atoms with E-state index in [4.69, 9.17) is 0 Å². The van der Waals surface area contributed by atoms with Crippen LogP contribution in [0.4, 0.5) is 19.6 Å². The van der Waals surface area contributed by atoms with Crippen LogP contribution in [0.15, 0.2) is 47.8 Å². The average Bonchev–Trinajstić information content (AvgIpc) is 3.14. The van der Waals surface area contributed by atoms with Crippen LogP contribution >= 0.6 is 11.3 Å². The van der Waals surface area contributed by atoms with Crippen molar-refractivity contribution in [1.82, 2.24) is 10.3 Å². The van der Waals surface area contributed by atoms with E-state index in [9.17, 15) is 23.2 Å². The Hall–Kier alpha value is -3.66. The highest BCUT2D eigenvalue weighted by Crippen LogP contribution is 2.28. The molecule has 0 aliphatic carbocycles. The van der Waals surface area contributed by atoms with Crippen LogP contribution in [0.1, 0.15) is 12.5 Å². The minimum atomic E-state index is -0.570. The van der Waals surface area contributed by atoms with Gasteiger partial charge in [0.1, 0.15) is 11.6 Å². The number of nitrogens with one attached hydrogen (secondary N) is 3. The van der Waals surface area contributed by atoms with Gasteiger partial charge in [-0.2, -0.15) is 0 Å². The van der Waals surface area contributed by atoms with Crippen LogP contribution < -0.4 is 16.0 Å². The van der Waals surface area contributed by atoms with Crippen LogP contribution in [0.2, 0.25) is 0 Å². The van der Waals surface area contributed by atoms with E-state index < -0.39 is 23.4 Å². The second-order valence-electron chi connectivity index (χ2n) is 6.55. The van der Waals surface area contributed by atoms with E-state index in [0.29, 0.717) is 16.9 Å². The molecule has 7 nitrogen and oxygen atoms in total. The Balaban J connectivity index is 1.54. The Morgan fingerprint density at radius 2 is 1.84 bits per heavy atom. The van der Waals surface area contributed by atoms with Crippen molar-refractivity contribution in [1.29, 1.82) is 0 Å². The summed E-state index contributed by atoms with van der Waals surface area (Å²) in [4.78, 5) is 39.2. The van der Waals surface area contributed by atoms with E-state index in [0.717, 1.165) is 11.3 Å². The standard InChI is InChI=1S/C21H18F2N4O3S/c1-12(28)25-15-5-6-16(17(23)9-15)18-11-31-21(26-18)27-20(30)10-24-19(29)8-13-3-2-4-14(22)7-13/h2-7,9,11H,8,10H2,1H3,(H,24,29)(H,25,28)(H,26,27,30). The van der Waals surface area contributed by atoms with Crippen LogP contribution in [0.5, 0.6) is 0 Å². The maximum atomic E-state index is 14.3. The zero-order valence-corrected chi connectivity index (χ0v) is 17.2. The van der Waals surface area contributed by atoms with Crippen LogP contribution in [0, 0.1) is 11.6 Å². The zero-order valence-electron chi connectivity index (χ0n) is 16.4. The summed E-state index contributed by atoms with van der Waals surface area (Å²) in [5, 5.41) is 9.29. The van der Waals surface area contributed by atoms with Crippen LogP contribution in [-0.4, -0.2) is 29.3 Å². The van der Waals surface area contributed by atoms with Crippen LogP contribution in [-0.2, 0) is 20.8 Å². The van der Waals surface area contributed by atoms with Gasteiger partial charge in [-0.05, 0) is 35.9 Å². The first-order chi connectivity index (χ1) is 14.8. The lowest BCUT2D eigenvalue weighted by Crippen LogP contribution is -2.33. The molecular weight excluding hydrogens is 426 g/mol. The summed E-state index contributed by atoms with van der Waals surface area (Å²) in [6.45, 7) is 1.04. The van der Waals surface area contributed by atoms with E-state index in [1.54, 1.807) is 17.5 Å². The lowest BCUT2D eigenvalue weighted by molar-refractivity contribution is -0.123. The second-order valence-corrected chi connectivity index (χ2v) is 7.40. The summed E-state index contributed by atoms with van der Waals surface area (Å²) >= 11 is 1.10. The fraction of sp³-hybridized carbons (Fsp3) is 0.143. The van der Waals surface area contributed by atoms with Gasteiger partial charge in [0, 0.05) is 23.6 Å². The molecule has 3 N–H and O–H groups in total. The molecule has 0 unspecified atom stereocenters. The van der Waals surface area contributed by atoms with Gasteiger partial charge in [-0.15, -0.1) is 11.3 Å². The molecule has 1 aromatic heterocycles. The first-order valence-corrected chi connectivity index (χ1v) is 10.0. The fourth-order valence-corrected chi connectivity index (χ4v) is 3.42. The summed E-state index contributed by atoms with van der Waals surface area (Å²) in [6, 6.07) is 9.85. The van der Waals surface area contributed by atoms with Gasteiger partial charge in [0.2, 0.25) is 17.7 Å². The van der Waals surface area contributed by atoms with Crippen molar-refractivity contribution in [2.45, 2.75) is 13.3 Å². The van der Waals surface area contributed by atoms with Gasteiger partial charge in [0.15, 0.2) is 5.13 Å². The number of carbonyl (C=O) groups is 3. The minimum Gasteiger partial charge on any atom is -0.347 e. The number of anilines is 2. The Bertz CT molecular complexity index is 1130. The average molecular weight is 444 g/mol. The molecule has 1 heterocycles. The van der Waals surface area contributed by atoms with Gasteiger partial charge in [-0.3, -0.25) is 14.4 Å². The van der Waals surface area contributed by atoms with Gasteiger partial charge in [0.05, 0.1) is 18.7 Å². The number of aromatic nitrogens is 1. The quantitative estimate of drug-likeness (QED) is 0.520. The van der Waals surface area contributed by atoms with Gasteiger partial charge >= 0.3 is 0 Å². The molecule has 0 spiro atoms. The Kier molecular flexibility index (Phi) is 7.03. The van der Waals surface area contributed by atoms with Crippen molar-refractivity contribution in [3.8, 4) is 11.3 Å². The zero-order chi connectivity index (χ0) is 22.4. The fourth-order valence-electron chi connectivity index (χ4n) is 2.70. The highest BCUT2D eigenvalue weighted by atomic mass is 32.1. The smallest absolute Gasteiger partial charge is 0.245 e. The highest BCUT2D eigenvalue weighted by molar-refractivity contribution is 7.14. The lowest BCUT2D eigenvalue weighted by Gasteiger charge is -2.06. The predicted octanol–water partition coefficient (Wildman–Crippen LogP) is 3.34.